The van der Waals surface area contributed by atoms with Crippen molar-refractivity contribution in [1.29, 1.82) is 0 Å². The van der Waals surface area contributed by atoms with Crippen LogP contribution in [-0.4, -0.2) is 36.2 Å². The predicted molar refractivity (Wildman–Crippen MR) is 79.0 cm³/mol. The van der Waals surface area contributed by atoms with Gasteiger partial charge in [-0.05, 0) is 32.3 Å². The number of benzene rings is 1. The highest BCUT2D eigenvalue weighted by molar-refractivity contribution is 5.14. The molecule has 1 saturated heterocycles. The molecule has 0 saturated carbocycles. The molecule has 0 spiro atoms. The Bertz CT molecular complexity index is 372. The number of ether oxygens (including phenoxy) is 1. The maximum atomic E-state index is 6.53. The van der Waals surface area contributed by atoms with Crippen molar-refractivity contribution < 1.29 is 4.74 Å². The first kappa shape index (κ1) is 14.5. The van der Waals surface area contributed by atoms with Crippen molar-refractivity contribution in [2.45, 2.75) is 44.8 Å². The van der Waals surface area contributed by atoms with E-state index in [0.717, 1.165) is 39.1 Å². The Labute approximate surface area is 116 Å². The van der Waals surface area contributed by atoms with E-state index >= 15 is 0 Å². The van der Waals surface area contributed by atoms with Crippen LogP contribution in [0.4, 0.5) is 0 Å². The highest BCUT2D eigenvalue weighted by Gasteiger charge is 2.31. The summed E-state index contributed by atoms with van der Waals surface area (Å²) < 4.78 is 5.43. The Morgan fingerprint density at radius 2 is 1.84 bits per heavy atom. The minimum Gasteiger partial charge on any atom is -0.381 e. The number of hydrogen-bond acceptors (Lipinski definition) is 3. The molecule has 1 aliphatic heterocycles. The second kappa shape index (κ2) is 6.51. The van der Waals surface area contributed by atoms with E-state index in [1.807, 2.05) is 0 Å². The zero-order chi connectivity index (χ0) is 13.7. The highest BCUT2D eigenvalue weighted by atomic mass is 16.5. The van der Waals surface area contributed by atoms with E-state index in [1.165, 1.54) is 5.56 Å². The molecule has 3 heteroatoms. The molecule has 2 rings (SSSR count). The average molecular weight is 262 g/mol. The lowest BCUT2D eigenvalue weighted by molar-refractivity contribution is 0.0311. The maximum absolute atomic E-state index is 6.53. The number of nitrogens with two attached hydrogens (primary N) is 1. The normalized spacial score (nSPS) is 19.0. The largest absolute Gasteiger partial charge is 0.381 e. The molecule has 0 unspecified atom stereocenters. The van der Waals surface area contributed by atoms with Gasteiger partial charge < -0.3 is 10.5 Å². The average Bonchev–Trinajstić information content (AvgIpc) is 2.39. The third-order valence-electron chi connectivity index (χ3n) is 3.97. The monoisotopic (exact) mass is 262 g/mol. The van der Waals surface area contributed by atoms with Gasteiger partial charge in [-0.25, -0.2) is 0 Å². The van der Waals surface area contributed by atoms with E-state index in [2.05, 4.69) is 49.1 Å². The van der Waals surface area contributed by atoms with Crippen LogP contribution in [0.1, 0.15) is 32.3 Å². The van der Waals surface area contributed by atoms with Crippen molar-refractivity contribution in [3.8, 4) is 0 Å². The minimum atomic E-state index is -0.0860. The molecule has 1 aromatic carbocycles. The maximum Gasteiger partial charge on any atom is 0.0484 e. The van der Waals surface area contributed by atoms with Crippen molar-refractivity contribution in [2.75, 3.05) is 19.8 Å². The molecule has 19 heavy (non-hydrogen) atoms. The zero-order valence-corrected chi connectivity index (χ0v) is 12.1. The first-order valence-corrected chi connectivity index (χ1v) is 7.24. The molecule has 2 N–H and O–H groups in total. The lowest BCUT2D eigenvalue weighted by Crippen LogP contribution is -2.54. The molecule has 0 bridgehead atoms. The Kier molecular flexibility index (Phi) is 4.97. The Morgan fingerprint density at radius 1 is 1.21 bits per heavy atom. The summed E-state index contributed by atoms with van der Waals surface area (Å²) in [5, 5.41) is 0. The van der Waals surface area contributed by atoms with Crippen LogP contribution in [0.2, 0.25) is 0 Å². The molecule has 0 aromatic heterocycles. The van der Waals surface area contributed by atoms with Crippen LogP contribution in [0.25, 0.3) is 0 Å². The van der Waals surface area contributed by atoms with Crippen LogP contribution in [-0.2, 0) is 11.3 Å². The molecule has 0 radical (unpaired) electrons. The Morgan fingerprint density at radius 3 is 2.42 bits per heavy atom. The van der Waals surface area contributed by atoms with E-state index in [0.29, 0.717) is 6.04 Å². The van der Waals surface area contributed by atoms with Gasteiger partial charge in [0.1, 0.15) is 0 Å². The highest BCUT2D eigenvalue weighted by Crippen LogP contribution is 2.21. The SMILES string of the molecule is CC(C)N(Cc1ccccc1)CC1(N)CCOCC1. The first-order chi connectivity index (χ1) is 9.09. The van der Waals surface area contributed by atoms with Gasteiger partial charge in [0.15, 0.2) is 0 Å². The topological polar surface area (TPSA) is 38.5 Å². The third-order valence-corrected chi connectivity index (χ3v) is 3.97. The summed E-state index contributed by atoms with van der Waals surface area (Å²) >= 11 is 0. The van der Waals surface area contributed by atoms with Gasteiger partial charge in [0.05, 0.1) is 0 Å². The summed E-state index contributed by atoms with van der Waals surface area (Å²) in [7, 11) is 0. The van der Waals surface area contributed by atoms with Crippen LogP contribution < -0.4 is 5.73 Å². The quantitative estimate of drug-likeness (QED) is 0.885. The molecule has 106 valence electrons. The van der Waals surface area contributed by atoms with Gasteiger partial charge >= 0.3 is 0 Å². The van der Waals surface area contributed by atoms with Gasteiger partial charge in [-0.15, -0.1) is 0 Å². The smallest absolute Gasteiger partial charge is 0.0484 e. The van der Waals surface area contributed by atoms with Crippen LogP contribution in [0.3, 0.4) is 0 Å². The van der Waals surface area contributed by atoms with E-state index in [1.54, 1.807) is 0 Å². The third kappa shape index (κ3) is 4.30. The molecule has 0 aliphatic carbocycles. The summed E-state index contributed by atoms with van der Waals surface area (Å²) in [5.41, 5.74) is 7.80. The van der Waals surface area contributed by atoms with Gasteiger partial charge in [-0.2, -0.15) is 0 Å². The standard InChI is InChI=1S/C16H26N2O/c1-14(2)18(12-15-6-4-3-5-7-15)13-16(17)8-10-19-11-9-16/h3-7,14H,8-13,17H2,1-2H3. The molecule has 0 atom stereocenters. The second-order valence-electron chi connectivity index (χ2n) is 5.96. The fourth-order valence-electron chi connectivity index (χ4n) is 2.58. The van der Waals surface area contributed by atoms with Crippen LogP contribution in [0.15, 0.2) is 30.3 Å². The zero-order valence-electron chi connectivity index (χ0n) is 12.1. The van der Waals surface area contributed by atoms with Crippen LogP contribution in [0.5, 0.6) is 0 Å². The van der Waals surface area contributed by atoms with E-state index in [4.69, 9.17) is 10.5 Å². The van der Waals surface area contributed by atoms with E-state index < -0.39 is 0 Å². The van der Waals surface area contributed by atoms with Crippen LogP contribution >= 0.6 is 0 Å². The summed E-state index contributed by atoms with van der Waals surface area (Å²) in [6.45, 7) is 8.00. The second-order valence-corrected chi connectivity index (χ2v) is 5.96. The van der Waals surface area contributed by atoms with Crippen molar-refractivity contribution in [1.82, 2.24) is 4.90 Å². The van der Waals surface area contributed by atoms with Gasteiger partial charge in [0.25, 0.3) is 0 Å². The molecule has 1 fully saturated rings. The minimum absolute atomic E-state index is 0.0860. The summed E-state index contributed by atoms with van der Waals surface area (Å²) in [6.07, 6.45) is 1.93. The lowest BCUT2D eigenvalue weighted by Gasteiger charge is -2.39. The number of hydrogen-bond donors (Lipinski definition) is 1. The molecule has 1 heterocycles. The fraction of sp³-hybridized carbons (Fsp3) is 0.625. The number of nitrogens with zero attached hydrogens (tertiary/aromatic N) is 1. The van der Waals surface area contributed by atoms with Crippen molar-refractivity contribution in [3.63, 3.8) is 0 Å². The number of rotatable bonds is 5. The molecule has 3 nitrogen and oxygen atoms in total. The lowest BCUT2D eigenvalue weighted by atomic mass is 9.90. The molecule has 0 amide bonds. The summed E-state index contributed by atoms with van der Waals surface area (Å²) in [6, 6.07) is 11.1. The van der Waals surface area contributed by atoms with Gasteiger partial charge in [0.2, 0.25) is 0 Å². The molecule has 1 aliphatic rings. The van der Waals surface area contributed by atoms with E-state index in [9.17, 15) is 0 Å². The van der Waals surface area contributed by atoms with Gasteiger partial charge in [-0.1, -0.05) is 30.3 Å². The molecular weight excluding hydrogens is 236 g/mol. The molecule has 1 aromatic rings. The van der Waals surface area contributed by atoms with Crippen molar-refractivity contribution in [3.05, 3.63) is 35.9 Å². The van der Waals surface area contributed by atoms with Gasteiger partial charge in [0, 0.05) is 37.9 Å². The first-order valence-electron chi connectivity index (χ1n) is 7.24. The van der Waals surface area contributed by atoms with Gasteiger partial charge in [-0.3, -0.25) is 4.90 Å². The summed E-state index contributed by atoms with van der Waals surface area (Å²) in [4.78, 5) is 2.47. The Balaban J connectivity index is 2.00. The summed E-state index contributed by atoms with van der Waals surface area (Å²) in [5.74, 6) is 0. The van der Waals surface area contributed by atoms with Crippen LogP contribution in [0, 0.1) is 0 Å². The van der Waals surface area contributed by atoms with Crippen molar-refractivity contribution >= 4 is 0 Å². The molecular formula is C16H26N2O. The fourth-order valence-corrected chi connectivity index (χ4v) is 2.58. The van der Waals surface area contributed by atoms with E-state index in [-0.39, 0.29) is 5.54 Å². The predicted octanol–water partition coefficient (Wildman–Crippen LogP) is 2.40. The Hall–Kier alpha value is -0.900. The van der Waals surface area contributed by atoms with Crippen molar-refractivity contribution in [2.24, 2.45) is 5.73 Å².